The Kier molecular flexibility index (Phi) is 6.79. The quantitative estimate of drug-likeness (QED) is 0.409. The molecule has 1 aromatic heterocycles. The zero-order valence-electron chi connectivity index (χ0n) is 17.2. The first-order valence-electron chi connectivity index (χ1n) is 10.1. The Morgan fingerprint density at radius 3 is 2.55 bits per heavy atom. The summed E-state index contributed by atoms with van der Waals surface area (Å²) in [6.45, 7) is 0.562. The first kappa shape index (κ1) is 20.9. The third-order valence-electron chi connectivity index (χ3n) is 4.95. The second kappa shape index (κ2) is 10.1. The zero-order chi connectivity index (χ0) is 21.5. The summed E-state index contributed by atoms with van der Waals surface area (Å²) in [5, 5.41) is 14.7. The molecule has 0 spiro atoms. The Labute approximate surface area is 185 Å². The summed E-state index contributed by atoms with van der Waals surface area (Å²) < 4.78 is 5.34. The molecule has 6 heteroatoms. The highest BCUT2D eigenvalue weighted by Crippen LogP contribution is 2.24. The van der Waals surface area contributed by atoms with E-state index < -0.39 is 0 Å². The molecule has 0 aliphatic carbocycles. The van der Waals surface area contributed by atoms with Crippen LogP contribution in [0.25, 0.3) is 22.0 Å². The Morgan fingerprint density at radius 2 is 1.74 bits per heavy atom. The first-order chi connectivity index (χ1) is 15.2. The number of amides is 1. The summed E-state index contributed by atoms with van der Waals surface area (Å²) in [6, 6.07) is 26.2. The average Bonchev–Trinajstić information content (AvgIpc) is 2.83. The molecule has 5 nitrogen and oxygen atoms in total. The van der Waals surface area contributed by atoms with Crippen LogP contribution in [0, 0.1) is 0 Å². The van der Waals surface area contributed by atoms with Gasteiger partial charge in [0.15, 0.2) is 0 Å². The van der Waals surface area contributed by atoms with Gasteiger partial charge in [-0.05, 0) is 47.0 Å². The van der Waals surface area contributed by atoms with E-state index in [0.717, 1.165) is 34.0 Å². The lowest BCUT2D eigenvalue weighted by molar-refractivity contribution is -0.118. The van der Waals surface area contributed by atoms with Crippen molar-refractivity contribution in [3.63, 3.8) is 0 Å². The fourth-order valence-electron chi connectivity index (χ4n) is 3.34. The molecule has 4 rings (SSSR count). The number of nitrogens with zero attached hydrogens (tertiary/aromatic N) is 2. The van der Waals surface area contributed by atoms with Crippen molar-refractivity contribution < 1.29 is 9.53 Å². The summed E-state index contributed by atoms with van der Waals surface area (Å²) in [5.41, 5.74) is 2.92. The minimum absolute atomic E-state index is 0.0275. The summed E-state index contributed by atoms with van der Waals surface area (Å²) in [7, 11) is 1.65. The van der Waals surface area contributed by atoms with E-state index in [9.17, 15) is 4.79 Å². The van der Waals surface area contributed by atoms with Gasteiger partial charge in [0.1, 0.15) is 10.8 Å². The van der Waals surface area contributed by atoms with E-state index >= 15 is 0 Å². The van der Waals surface area contributed by atoms with Crippen LogP contribution >= 0.6 is 11.8 Å². The molecule has 0 saturated heterocycles. The van der Waals surface area contributed by atoms with Crippen molar-refractivity contribution >= 4 is 28.4 Å². The number of rotatable bonds is 8. The normalized spacial score (nSPS) is 10.7. The molecule has 0 fully saturated rings. The number of hydrogen-bond donors (Lipinski definition) is 1. The number of aromatic nitrogens is 2. The summed E-state index contributed by atoms with van der Waals surface area (Å²) in [4.78, 5) is 12.2. The minimum Gasteiger partial charge on any atom is -0.496 e. The number of thioether (sulfide) groups is 1. The fraction of sp³-hybridized carbons (Fsp3) is 0.160. The molecule has 0 unspecified atom stereocenters. The monoisotopic (exact) mass is 429 g/mol. The van der Waals surface area contributed by atoms with E-state index in [0.29, 0.717) is 12.3 Å². The van der Waals surface area contributed by atoms with Crippen LogP contribution in [0.3, 0.4) is 0 Å². The third-order valence-corrected chi connectivity index (χ3v) is 5.87. The van der Waals surface area contributed by atoms with E-state index in [1.54, 1.807) is 7.11 Å². The van der Waals surface area contributed by atoms with Crippen molar-refractivity contribution in [2.24, 2.45) is 0 Å². The number of carbonyl (C=O) groups is 1. The van der Waals surface area contributed by atoms with Gasteiger partial charge in [-0.15, -0.1) is 10.2 Å². The van der Waals surface area contributed by atoms with E-state index in [2.05, 4.69) is 39.8 Å². The van der Waals surface area contributed by atoms with Crippen molar-refractivity contribution in [1.82, 2.24) is 15.5 Å². The van der Waals surface area contributed by atoms with Gasteiger partial charge in [0.25, 0.3) is 0 Å². The summed E-state index contributed by atoms with van der Waals surface area (Å²) >= 11 is 1.38. The molecular weight excluding hydrogens is 406 g/mol. The van der Waals surface area contributed by atoms with Crippen molar-refractivity contribution in [1.29, 1.82) is 0 Å². The number of carbonyl (C=O) groups excluding carboxylic acids is 1. The molecule has 0 radical (unpaired) electrons. The number of fused-ring (bicyclic) bond motifs is 1. The van der Waals surface area contributed by atoms with Gasteiger partial charge in [0.05, 0.1) is 18.6 Å². The van der Waals surface area contributed by atoms with Crippen LogP contribution in [0.1, 0.15) is 5.56 Å². The molecular formula is C25H23N3O2S. The number of hydrogen-bond acceptors (Lipinski definition) is 5. The second-order valence-corrected chi connectivity index (χ2v) is 8.01. The highest BCUT2D eigenvalue weighted by Gasteiger charge is 2.07. The van der Waals surface area contributed by atoms with Crippen molar-refractivity contribution in [2.45, 2.75) is 11.4 Å². The molecule has 0 bridgehead atoms. The van der Waals surface area contributed by atoms with Crippen molar-refractivity contribution in [3.8, 4) is 17.0 Å². The standard InChI is InChI=1S/C25H23N3O2S/c1-30-23-9-5-4-7-19(23)14-15-26-24(29)17-31-25-13-12-22(27-28-25)21-11-10-18-6-2-3-8-20(18)16-21/h2-13,16H,14-15,17H2,1H3,(H,26,29). The Bertz CT molecular complexity index is 1180. The number of ether oxygens (including phenoxy) is 1. The van der Waals surface area contributed by atoms with E-state index in [4.69, 9.17) is 4.74 Å². The van der Waals surface area contributed by atoms with Crippen LogP contribution in [0.4, 0.5) is 0 Å². The lowest BCUT2D eigenvalue weighted by Gasteiger charge is -2.09. The van der Waals surface area contributed by atoms with Crippen molar-refractivity contribution in [3.05, 3.63) is 84.4 Å². The van der Waals surface area contributed by atoms with Crippen LogP contribution < -0.4 is 10.1 Å². The Balaban J connectivity index is 1.28. The van der Waals surface area contributed by atoms with Crippen LogP contribution in [-0.2, 0) is 11.2 Å². The van der Waals surface area contributed by atoms with Gasteiger partial charge in [0, 0.05) is 12.1 Å². The van der Waals surface area contributed by atoms with E-state index in [-0.39, 0.29) is 5.91 Å². The number of nitrogens with one attached hydrogen (secondary N) is 1. The minimum atomic E-state index is -0.0275. The molecule has 4 aromatic rings. The van der Waals surface area contributed by atoms with E-state index in [1.165, 1.54) is 22.5 Å². The molecule has 0 saturated carbocycles. The van der Waals surface area contributed by atoms with Crippen LogP contribution in [-0.4, -0.2) is 35.5 Å². The number of para-hydroxylation sites is 1. The smallest absolute Gasteiger partial charge is 0.230 e. The van der Waals surface area contributed by atoms with Crippen LogP contribution in [0.15, 0.2) is 83.9 Å². The van der Waals surface area contributed by atoms with E-state index in [1.807, 2.05) is 54.6 Å². The predicted molar refractivity (Wildman–Crippen MR) is 125 cm³/mol. The van der Waals surface area contributed by atoms with Gasteiger partial charge < -0.3 is 10.1 Å². The van der Waals surface area contributed by atoms with Gasteiger partial charge in [-0.3, -0.25) is 4.79 Å². The van der Waals surface area contributed by atoms with Crippen LogP contribution in [0.5, 0.6) is 5.75 Å². The maximum atomic E-state index is 12.2. The third kappa shape index (κ3) is 5.41. The van der Waals surface area contributed by atoms with Gasteiger partial charge in [-0.25, -0.2) is 0 Å². The van der Waals surface area contributed by atoms with Gasteiger partial charge in [-0.1, -0.05) is 66.4 Å². The maximum absolute atomic E-state index is 12.2. The van der Waals surface area contributed by atoms with Gasteiger partial charge in [-0.2, -0.15) is 0 Å². The zero-order valence-corrected chi connectivity index (χ0v) is 18.1. The molecule has 31 heavy (non-hydrogen) atoms. The Hall–Kier alpha value is -3.38. The second-order valence-electron chi connectivity index (χ2n) is 7.02. The fourth-order valence-corrected chi connectivity index (χ4v) is 3.98. The highest BCUT2D eigenvalue weighted by atomic mass is 32.2. The van der Waals surface area contributed by atoms with Crippen LogP contribution in [0.2, 0.25) is 0 Å². The largest absolute Gasteiger partial charge is 0.496 e. The lowest BCUT2D eigenvalue weighted by atomic mass is 10.1. The molecule has 3 aromatic carbocycles. The summed E-state index contributed by atoms with van der Waals surface area (Å²) in [6.07, 6.45) is 0.723. The molecule has 0 aliphatic heterocycles. The number of benzene rings is 3. The van der Waals surface area contributed by atoms with Crippen molar-refractivity contribution in [2.75, 3.05) is 19.4 Å². The molecule has 1 N–H and O–H groups in total. The highest BCUT2D eigenvalue weighted by molar-refractivity contribution is 7.99. The predicted octanol–water partition coefficient (Wildman–Crippen LogP) is 4.76. The SMILES string of the molecule is COc1ccccc1CCNC(=O)CSc1ccc(-c2ccc3ccccc3c2)nn1. The molecule has 0 aliphatic rings. The van der Waals surface area contributed by atoms with Gasteiger partial charge >= 0.3 is 0 Å². The first-order valence-corrected chi connectivity index (χ1v) is 11.1. The average molecular weight is 430 g/mol. The molecule has 156 valence electrons. The lowest BCUT2D eigenvalue weighted by Crippen LogP contribution is -2.27. The molecule has 0 atom stereocenters. The van der Waals surface area contributed by atoms with Gasteiger partial charge in [0.2, 0.25) is 5.91 Å². The molecule has 1 heterocycles. The number of methoxy groups -OCH3 is 1. The maximum Gasteiger partial charge on any atom is 0.230 e. The Morgan fingerprint density at radius 1 is 0.935 bits per heavy atom. The molecule has 1 amide bonds. The topological polar surface area (TPSA) is 64.1 Å². The summed E-state index contributed by atoms with van der Waals surface area (Å²) in [5.74, 6) is 1.11.